The summed E-state index contributed by atoms with van der Waals surface area (Å²) in [5, 5.41) is 16.0. The number of piperidine rings is 1. The Morgan fingerprint density at radius 1 is 1.10 bits per heavy atom. The van der Waals surface area contributed by atoms with Crippen LogP contribution in [0.15, 0.2) is 36.8 Å². The molecule has 2 fully saturated rings. The van der Waals surface area contributed by atoms with Gasteiger partial charge in [0.15, 0.2) is 0 Å². The van der Waals surface area contributed by atoms with Gasteiger partial charge in [0, 0.05) is 32.3 Å². The summed E-state index contributed by atoms with van der Waals surface area (Å²) in [6.45, 7) is 1.29. The molecule has 4 N–H and O–H groups in total. The van der Waals surface area contributed by atoms with Crippen molar-refractivity contribution in [3.05, 3.63) is 48.0 Å². The fraction of sp³-hybridized carbons (Fsp3) is 0.613. The maximum Gasteiger partial charge on any atom is 0.315 e. The molecule has 0 radical (unpaired) electrons. The van der Waals surface area contributed by atoms with Crippen LogP contribution >= 0.6 is 0 Å². The van der Waals surface area contributed by atoms with Crippen LogP contribution in [0.3, 0.4) is 0 Å². The fourth-order valence-electron chi connectivity index (χ4n) is 6.44. The van der Waals surface area contributed by atoms with Gasteiger partial charge in [0.2, 0.25) is 5.91 Å². The van der Waals surface area contributed by atoms with Crippen molar-refractivity contribution in [2.24, 2.45) is 11.3 Å². The smallest absolute Gasteiger partial charge is 0.315 e. The topological polar surface area (TPSA) is 137 Å². The third kappa shape index (κ3) is 8.24. The summed E-state index contributed by atoms with van der Waals surface area (Å²) in [4.78, 5) is 48.0. The standard InChI is InChI=1S/C31H45N5O5/c1-41-26-13-11-23(12-14-26)20-27(35-30(40)33-17-7-3-6-10-25-21-32-22-34-25)28(37)36-18-15-31(16-19-36,29(38)39)24-8-4-2-5-9-24/h11-14,21-22,24,27H,2-10,15-20H2,1H3,(H,32,34)(H,38,39)(H2,33,35,40)/t27-/m1/s1. The summed E-state index contributed by atoms with van der Waals surface area (Å²) >= 11 is 0. The van der Waals surface area contributed by atoms with Gasteiger partial charge in [0.05, 0.1) is 24.5 Å². The number of nitrogens with one attached hydrogen (secondary N) is 3. The number of imidazole rings is 1. The van der Waals surface area contributed by atoms with Crippen LogP contribution in [-0.4, -0.2) is 70.7 Å². The number of carbonyl (C=O) groups excluding carboxylic acids is 2. The van der Waals surface area contributed by atoms with Gasteiger partial charge < -0.3 is 30.4 Å². The Morgan fingerprint density at radius 2 is 1.83 bits per heavy atom. The lowest BCUT2D eigenvalue weighted by Crippen LogP contribution is -2.56. The first-order chi connectivity index (χ1) is 19.9. The van der Waals surface area contributed by atoms with Gasteiger partial charge in [-0.2, -0.15) is 0 Å². The summed E-state index contributed by atoms with van der Waals surface area (Å²) in [6, 6.07) is 6.34. The number of likely N-dealkylation sites (tertiary alicyclic amines) is 1. The van der Waals surface area contributed by atoms with E-state index in [-0.39, 0.29) is 17.9 Å². The molecule has 4 rings (SSSR count). The number of nitrogens with zero attached hydrogens (tertiary/aromatic N) is 2. The van der Waals surface area contributed by atoms with Crippen molar-refractivity contribution in [2.45, 2.75) is 83.1 Å². The number of hydrogen-bond donors (Lipinski definition) is 4. The number of H-pyrrole nitrogens is 1. The van der Waals surface area contributed by atoms with Crippen molar-refractivity contribution in [1.82, 2.24) is 25.5 Å². The van der Waals surface area contributed by atoms with E-state index in [1.54, 1.807) is 18.3 Å². The van der Waals surface area contributed by atoms with Crippen molar-refractivity contribution in [3.8, 4) is 5.75 Å². The number of carbonyl (C=O) groups is 3. The molecule has 41 heavy (non-hydrogen) atoms. The zero-order chi connectivity index (χ0) is 29.1. The monoisotopic (exact) mass is 567 g/mol. The second kappa shape index (κ2) is 14.9. The predicted molar refractivity (Wildman–Crippen MR) is 156 cm³/mol. The number of methoxy groups -OCH3 is 1. The molecule has 10 nitrogen and oxygen atoms in total. The molecule has 1 saturated heterocycles. The van der Waals surface area contributed by atoms with Gasteiger partial charge in [0.25, 0.3) is 0 Å². The summed E-state index contributed by atoms with van der Waals surface area (Å²) in [5.41, 5.74) is 1.18. The summed E-state index contributed by atoms with van der Waals surface area (Å²) < 4.78 is 5.26. The first-order valence-electron chi connectivity index (χ1n) is 15.1. The van der Waals surface area contributed by atoms with Crippen molar-refractivity contribution >= 4 is 17.9 Å². The van der Waals surface area contributed by atoms with E-state index in [0.717, 1.165) is 68.4 Å². The van der Waals surface area contributed by atoms with Crippen LogP contribution in [0.2, 0.25) is 0 Å². The second-order valence-corrected chi connectivity index (χ2v) is 11.5. The first kappa shape index (κ1) is 30.4. The van der Waals surface area contributed by atoms with Crippen LogP contribution in [0.4, 0.5) is 4.79 Å². The van der Waals surface area contributed by atoms with Gasteiger partial charge in [-0.3, -0.25) is 9.59 Å². The van der Waals surface area contributed by atoms with E-state index in [9.17, 15) is 19.5 Å². The highest BCUT2D eigenvalue weighted by molar-refractivity contribution is 5.87. The normalized spacial score (nSPS) is 17.9. The Labute approximate surface area is 242 Å². The zero-order valence-electron chi connectivity index (χ0n) is 24.2. The van der Waals surface area contributed by atoms with E-state index in [1.165, 1.54) is 6.42 Å². The third-order valence-electron chi connectivity index (χ3n) is 8.93. The Hall–Kier alpha value is -3.56. The lowest BCUT2D eigenvalue weighted by molar-refractivity contribution is -0.160. The molecule has 2 aliphatic rings. The van der Waals surface area contributed by atoms with Crippen molar-refractivity contribution < 1.29 is 24.2 Å². The van der Waals surface area contributed by atoms with Crippen molar-refractivity contribution in [1.29, 1.82) is 0 Å². The molecule has 1 atom stereocenters. The van der Waals surface area contributed by atoms with E-state index in [4.69, 9.17) is 4.74 Å². The molecule has 1 aromatic carbocycles. The minimum Gasteiger partial charge on any atom is -0.497 e. The molecular formula is C31H45N5O5. The first-order valence-corrected chi connectivity index (χ1v) is 15.1. The van der Waals surface area contributed by atoms with Gasteiger partial charge in [-0.05, 0) is 68.6 Å². The predicted octanol–water partition coefficient (Wildman–Crippen LogP) is 4.32. The molecule has 224 valence electrons. The molecule has 2 heterocycles. The Balaban J connectivity index is 1.33. The van der Waals surface area contributed by atoms with E-state index < -0.39 is 17.4 Å². The lowest BCUT2D eigenvalue weighted by Gasteiger charge is -2.45. The Morgan fingerprint density at radius 3 is 2.46 bits per heavy atom. The lowest BCUT2D eigenvalue weighted by atomic mass is 9.64. The minimum absolute atomic E-state index is 0.169. The molecule has 2 aromatic rings. The molecule has 1 aliphatic heterocycles. The number of urea groups is 1. The maximum absolute atomic E-state index is 13.7. The number of aryl methyl sites for hydroxylation is 1. The van der Waals surface area contributed by atoms with E-state index in [2.05, 4.69) is 20.6 Å². The molecule has 1 aliphatic carbocycles. The van der Waals surface area contributed by atoms with Crippen LogP contribution in [-0.2, 0) is 22.4 Å². The van der Waals surface area contributed by atoms with Crippen molar-refractivity contribution in [3.63, 3.8) is 0 Å². The largest absolute Gasteiger partial charge is 0.497 e. The van der Waals surface area contributed by atoms with Gasteiger partial charge in [-0.1, -0.05) is 37.8 Å². The van der Waals surface area contributed by atoms with Crippen LogP contribution in [0, 0.1) is 11.3 Å². The minimum atomic E-state index is -0.759. The third-order valence-corrected chi connectivity index (χ3v) is 8.93. The number of carboxylic acid groups (broad SMARTS) is 1. The number of amides is 3. The fourth-order valence-corrected chi connectivity index (χ4v) is 6.44. The maximum atomic E-state index is 13.7. The molecule has 0 spiro atoms. The van der Waals surface area contributed by atoms with Gasteiger partial charge in [0.1, 0.15) is 11.8 Å². The number of carboxylic acids is 1. The number of ether oxygens (including phenoxy) is 1. The average Bonchev–Trinajstić information content (AvgIpc) is 3.52. The highest BCUT2D eigenvalue weighted by atomic mass is 16.5. The molecule has 10 heteroatoms. The Bertz CT molecular complexity index is 1110. The molecular weight excluding hydrogens is 522 g/mol. The van der Waals surface area contributed by atoms with E-state index in [0.29, 0.717) is 38.9 Å². The zero-order valence-corrected chi connectivity index (χ0v) is 24.2. The number of rotatable bonds is 13. The molecule has 1 aromatic heterocycles. The number of aromatic amines is 1. The highest BCUT2D eigenvalue weighted by Crippen LogP contribution is 2.46. The highest BCUT2D eigenvalue weighted by Gasteiger charge is 2.48. The number of aromatic nitrogens is 2. The number of hydrogen-bond acceptors (Lipinski definition) is 5. The quantitative estimate of drug-likeness (QED) is 0.266. The molecule has 0 unspecified atom stereocenters. The van der Waals surface area contributed by atoms with Gasteiger partial charge >= 0.3 is 12.0 Å². The molecule has 1 saturated carbocycles. The van der Waals surface area contributed by atoms with Crippen LogP contribution < -0.4 is 15.4 Å². The summed E-state index contributed by atoms with van der Waals surface area (Å²) in [7, 11) is 1.60. The number of unbranched alkanes of at least 4 members (excludes halogenated alkanes) is 2. The van der Waals surface area contributed by atoms with E-state index in [1.807, 2.05) is 30.5 Å². The summed E-state index contributed by atoms with van der Waals surface area (Å²) in [5.74, 6) is -0.00611. The van der Waals surface area contributed by atoms with Crippen LogP contribution in [0.1, 0.15) is 75.5 Å². The summed E-state index contributed by atoms with van der Waals surface area (Å²) in [6.07, 6.45) is 13.7. The molecule has 0 bridgehead atoms. The van der Waals surface area contributed by atoms with Crippen LogP contribution in [0.5, 0.6) is 5.75 Å². The Kier molecular flexibility index (Phi) is 11.0. The average molecular weight is 568 g/mol. The van der Waals surface area contributed by atoms with Gasteiger partial charge in [-0.25, -0.2) is 9.78 Å². The molecule has 3 amide bonds. The van der Waals surface area contributed by atoms with E-state index >= 15 is 0 Å². The van der Waals surface area contributed by atoms with Gasteiger partial charge in [-0.15, -0.1) is 0 Å². The SMILES string of the molecule is COc1ccc(C[C@@H](NC(=O)NCCCCCc2c[nH]cn2)C(=O)N2CCC(C(=O)O)(C3CCCCC3)CC2)cc1. The van der Waals surface area contributed by atoms with Crippen molar-refractivity contribution in [2.75, 3.05) is 26.7 Å². The number of benzene rings is 1. The van der Waals surface area contributed by atoms with Crippen LogP contribution in [0.25, 0.3) is 0 Å². The second-order valence-electron chi connectivity index (χ2n) is 11.5. The number of aliphatic carboxylic acids is 1.